The molecule has 0 amide bonds. The van der Waals surface area contributed by atoms with Crippen LogP contribution in [0.25, 0.3) is 10.9 Å². The van der Waals surface area contributed by atoms with Gasteiger partial charge < -0.3 is 5.11 Å². The summed E-state index contributed by atoms with van der Waals surface area (Å²) in [6, 6.07) is 15.3. The second-order valence-corrected chi connectivity index (χ2v) is 8.79. The highest BCUT2D eigenvalue weighted by Crippen LogP contribution is 2.37. The first-order valence-corrected chi connectivity index (χ1v) is 10.6. The molecule has 0 aliphatic heterocycles. The Hall–Kier alpha value is -2.44. The van der Waals surface area contributed by atoms with Gasteiger partial charge in [0.1, 0.15) is 5.78 Å². The summed E-state index contributed by atoms with van der Waals surface area (Å²) >= 11 is 0. The van der Waals surface area contributed by atoms with Crippen LogP contribution in [0.2, 0.25) is 0 Å². The Balaban J connectivity index is 1.86. The first-order chi connectivity index (χ1) is 13.0. The fraction of sp³-hybridized carbons (Fsp3) is 0.286. The van der Waals surface area contributed by atoms with Crippen LogP contribution < -0.4 is 0 Å². The van der Waals surface area contributed by atoms with Gasteiger partial charge in [-0.05, 0) is 31.0 Å². The van der Waals surface area contributed by atoms with E-state index < -0.39 is 22.0 Å². The largest absolute Gasteiger partial charge is 0.388 e. The lowest BCUT2D eigenvalue weighted by Crippen LogP contribution is -2.25. The number of aliphatic hydroxyl groups excluding tert-OH is 1. The molecule has 1 aromatic heterocycles. The molecule has 1 heterocycles. The van der Waals surface area contributed by atoms with Gasteiger partial charge in [0.15, 0.2) is 0 Å². The molecule has 0 unspecified atom stereocenters. The number of para-hydroxylation sites is 1. The Morgan fingerprint density at radius 2 is 1.70 bits per heavy atom. The van der Waals surface area contributed by atoms with Crippen LogP contribution in [0.5, 0.6) is 0 Å². The molecule has 4 rings (SSSR count). The van der Waals surface area contributed by atoms with Crippen LogP contribution in [0.3, 0.4) is 0 Å². The summed E-state index contributed by atoms with van der Waals surface area (Å²) in [7, 11) is -3.80. The molecule has 2 atom stereocenters. The van der Waals surface area contributed by atoms with Crippen LogP contribution in [0.1, 0.15) is 37.4 Å². The van der Waals surface area contributed by atoms with Crippen LogP contribution in [0.4, 0.5) is 0 Å². The highest BCUT2D eigenvalue weighted by atomic mass is 32.2. The van der Waals surface area contributed by atoms with E-state index in [2.05, 4.69) is 0 Å². The minimum Gasteiger partial charge on any atom is -0.388 e. The molecule has 1 aliphatic carbocycles. The number of benzene rings is 2. The molecular formula is C21H21NO4S. The lowest BCUT2D eigenvalue weighted by Gasteiger charge is -2.25. The molecule has 27 heavy (non-hydrogen) atoms. The quantitative estimate of drug-likeness (QED) is 0.746. The molecule has 1 fully saturated rings. The van der Waals surface area contributed by atoms with E-state index in [-0.39, 0.29) is 10.7 Å². The highest BCUT2D eigenvalue weighted by molar-refractivity contribution is 7.90. The number of fused-ring (bicyclic) bond motifs is 1. The smallest absolute Gasteiger partial charge is 0.268 e. The summed E-state index contributed by atoms with van der Waals surface area (Å²) < 4.78 is 27.5. The summed E-state index contributed by atoms with van der Waals surface area (Å²) in [6.07, 6.45) is 3.32. The molecule has 0 spiro atoms. The molecule has 0 saturated heterocycles. The van der Waals surface area contributed by atoms with Crippen molar-refractivity contribution in [3.05, 3.63) is 66.4 Å². The van der Waals surface area contributed by atoms with Gasteiger partial charge in [0, 0.05) is 29.5 Å². The van der Waals surface area contributed by atoms with Crippen molar-refractivity contribution in [3.63, 3.8) is 0 Å². The van der Waals surface area contributed by atoms with Crippen LogP contribution in [-0.4, -0.2) is 23.3 Å². The number of Topliss-reactive ketones (excluding diaryl/α,β-unsaturated/α-hetero) is 1. The molecule has 6 heteroatoms. The van der Waals surface area contributed by atoms with E-state index in [0.29, 0.717) is 29.3 Å². The molecule has 1 N–H and O–H groups in total. The fourth-order valence-corrected chi connectivity index (χ4v) is 5.28. The van der Waals surface area contributed by atoms with Gasteiger partial charge in [-0.25, -0.2) is 12.4 Å². The maximum atomic E-state index is 13.1. The second-order valence-electron chi connectivity index (χ2n) is 6.98. The topological polar surface area (TPSA) is 76.4 Å². The number of ketones is 1. The third-order valence-electron chi connectivity index (χ3n) is 5.31. The van der Waals surface area contributed by atoms with E-state index in [4.69, 9.17) is 0 Å². The van der Waals surface area contributed by atoms with Gasteiger partial charge >= 0.3 is 0 Å². The number of hydrogen-bond acceptors (Lipinski definition) is 4. The van der Waals surface area contributed by atoms with Crippen LogP contribution in [0.15, 0.2) is 65.7 Å². The Morgan fingerprint density at radius 3 is 2.44 bits per heavy atom. The van der Waals surface area contributed by atoms with Crippen molar-refractivity contribution < 1.29 is 18.3 Å². The highest BCUT2D eigenvalue weighted by Gasteiger charge is 2.33. The van der Waals surface area contributed by atoms with Crippen molar-refractivity contribution in [3.8, 4) is 0 Å². The van der Waals surface area contributed by atoms with Crippen molar-refractivity contribution in [2.45, 2.75) is 36.7 Å². The van der Waals surface area contributed by atoms with Gasteiger partial charge in [-0.3, -0.25) is 4.79 Å². The Morgan fingerprint density at radius 1 is 1.00 bits per heavy atom. The monoisotopic (exact) mass is 383 g/mol. The molecule has 140 valence electrons. The van der Waals surface area contributed by atoms with E-state index in [0.717, 1.165) is 12.8 Å². The molecule has 0 bridgehead atoms. The zero-order chi connectivity index (χ0) is 19.0. The predicted octanol–water partition coefficient (Wildman–Crippen LogP) is 3.67. The molecule has 1 aliphatic rings. The van der Waals surface area contributed by atoms with E-state index in [1.807, 2.05) is 0 Å². The first kappa shape index (κ1) is 17.9. The number of carbonyl (C=O) groups excluding carboxylic acids is 1. The summed E-state index contributed by atoms with van der Waals surface area (Å²) in [4.78, 5) is 12.5. The van der Waals surface area contributed by atoms with Crippen LogP contribution in [-0.2, 0) is 14.8 Å². The van der Waals surface area contributed by atoms with Crippen molar-refractivity contribution in [2.75, 3.05) is 0 Å². The molecular weight excluding hydrogens is 362 g/mol. The average molecular weight is 383 g/mol. The summed E-state index contributed by atoms with van der Waals surface area (Å²) in [5.74, 6) is -0.422. The van der Waals surface area contributed by atoms with Crippen molar-refractivity contribution in [1.82, 2.24) is 3.97 Å². The SMILES string of the molecule is O=C1CCCC[C@H]1[C@@H](O)c1cn(S(=O)(=O)c2ccccc2)c2ccccc12. The standard InChI is InChI=1S/C21H21NO4S/c23-20-13-7-5-11-17(20)21(24)18-14-22(19-12-6-4-10-16(18)19)27(25,26)15-8-2-1-3-9-15/h1-4,6,8-10,12,14,17,21,24H,5,7,11,13H2/t17-,21-/m1/s1. The normalized spacial score (nSPS) is 19.3. The van der Waals surface area contributed by atoms with Gasteiger partial charge in [-0.1, -0.05) is 42.8 Å². The van der Waals surface area contributed by atoms with Crippen molar-refractivity contribution in [2.24, 2.45) is 5.92 Å². The minimum atomic E-state index is -3.80. The van der Waals surface area contributed by atoms with Gasteiger partial charge in [0.25, 0.3) is 10.0 Å². The zero-order valence-corrected chi connectivity index (χ0v) is 15.6. The van der Waals surface area contributed by atoms with Crippen molar-refractivity contribution >= 4 is 26.7 Å². The lowest BCUT2D eigenvalue weighted by molar-refractivity contribution is -0.128. The Kier molecular flexibility index (Phi) is 4.61. The summed E-state index contributed by atoms with van der Waals surface area (Å²) in [6.45, 7) is 0. The van der Waals surface area contributed by atoms with E-state index >= 15 is 0 Å². The van der Waals surface area contributed by atoms with E-state index in [1.165, 1.54) is 10.2 Å². The van der Waals surface area contributed by atoms with Gasteiger partial charge in [-0.15, -0.1) is 0 Å². The van der Waals surface area contributed by atoms with Gasteiger partial charge in [0.2, 0.25) is 0 Å². The fourth-order valence-electron chi connectivity index (χ4n) is 3.88. The first-order valence-electron chi connectivity index (χ1n) is 9.11. The number of aliphatic hydroxyl groups is 1. The minimum absolute atomic E-state index is 0.0523. The Labute approximate surface area is 158 Å². The van der Waals surface area contributed by atoms with Crippen LogP contribution in [0, 0.1) is 5.92 Å². The molecule has 0 radical (unpaired) electrons. The number of hydrogen-bond donors (Lipinski definition) is 1. The molecule has 5 nitrogen and oxygen atoms in total. The third-order valence-corrected chi connectivity index (χ3v) is 7.00. The third kappa shape index (κ3) is 3.09. The number of carbonyl (C=O) groups is 1. The van der Waals surface area contributed by atoms with Gasteiger partial charge in [0.05, 0.1) is 16.5 Å². The maximum absolute atomic E-state index is 13.1. The van der Waals surface area contributed by atoms with Crippen molar-refractivity contribution in [1.29, 1.82) is 0 Å². The molecule has 1 saturated carbocycles. The van der Waals surface area contributed by atoms with E-state index in [9.17, 15) is 18.3 Å². The summed E-state index contributed by atoms with van der Waals surface area (Å²) in [5.41, 5.74) is 0.990. The maximum Gasteiger partial charge on any atom is 0.268 e. The lowest BCUT2D eigenvalue weighted by atomic mass is 9.81. The zero-order valence-electron chi connectivity index (χ0n) is 14.8. The van der Waals surface area contributed by atoms with E-state index in [1.54, 1.807) is 54.6 Å². The predicted molar refractivity (Wildman–Crippen MR) is 103 cm³/mol. The molecule has 3 aromatic rings. The number of rotatable bonds is 4. The molecule has 2 aromatic carbocycles. The van der Waals surface area contributed by atoms with Gasteiger partial charge in [-0.2, -0.15) is 0 Å². The average Bonchev–Trinajstić information content (AvgIpc) is 3.09. The number of aromatic nitrogens is 1. The van der Waals surface area contributed by atoms with Crippen LogP contribution >= 0.6 is 0 Å². The second kappa shape index (κ2) is 6.94. The Bertz CT molecular complexity index is 1090. The summed E-state index contributed by atoms with van der Waals surface area (Å²) in [5, 5.41) is 11.6. The number of nitrogens with zero attached hydrogens (tertiary/aromatic N) is 1.